The Morgan fingerprint density at radius 1 is 0.645 bits per heavy atom. The average Bonchev–Trinajstić information content (AvgIpc) is 2.67. The first-order chi connectivity index (χ1) is 14.5. The highest BCUT2D eigenvalue weighted by Gasteiger charge is 2.23. The monoisotopic (exact) mass is 432 g/mol. The zero-order valence-electron chi connectivity index (χ0n) is 21.8. The van der Waals surface area contributed by atoms with E-state index in [0.717, 1.165) is 32.1 Å². The van der Waals surface area contributed by atoms with Crippen LogP contribution < -0.4 is 0 Å². The highest BCUT2D eigenvalue weighted by Crippen LogP contribution is 2.18. The van der Waals surface area contributed by atoms with E-state index >= 15 is 0 Å². The van der Waals surface area contributed by atoms with Crippen LogP contribution in [0.1, 0.15) is 126 Å². The minimum absolute atomic E-state index is 0.613. The van der Waals surface area contributed by atoms with Gasteiger partial charge in [0.05, 0.1) is 11.7 Å². The molecule has 2 nitrogen and oxygen atoms in total. The summed E-state index contributed by atoms with van der Waals surface area (Å²) < 4.78 is 0. The standard InChI is InChI=1S/C29H52O2/c1-24(2)16-11-9-8-10-12-17-25(3)18-13-14-19-26(4)20-15-21-27(5)22-23-28(30)29(6,7)31/h16,18-19,21,28,30-31H,8-15,17,20,22-23H2,1-7H3/b25-18+,26-19+,27-21+/t28-/m1/s1. The van der Waals surface area contributed by atoms with E-state index in [2.05, 4.69) is 58.9 Å². The molecule has 0 aromatic heterocycles. The Kier molecular flexibility index (Phi) is 16.8. The summed E-state index contributed by atoms with van der Waals surface area (Å²) in [7, 11) is 0. The van der Waals surface area contributed by atoms with Crippen LogP contribution in [0.4, 0.5) is 0 Å². The third-order valence-corrected chi connectivity index (χ3v) is 5.89. The van der Waals surface area contributed by atoms with Crippen molar-refractivity contribution in [1.82, 2.24) is 0 Å². The van der Waals surface area contributed by atoms with Gasteiger partial charge < -0.3 is 10.2 Å². The summed E-state index contributed by atoms with van der Waals surface area (Å²) in [6.45, 7) is 14.3. The SMILES string of the molecule is CC(C)=CCCCCCC/C(C)=C/CC/C=C(\C)CC/C=C(\C)CC[C@@H](O)C(C)(C)O. The highest BCUT2D eigenvalue weighted by atomic mass is 16.3. The molecule has 0 saturated heterocycles. The topological polar surface area (TPSA) is 40.5 Å². The van der Waals surface area contributed by atoms with Gasteiger partial charge in [0.15, 0.2) is 0 Å². The maximum Gasteiger partial charge on any atom is 0.0849 e. The molecule has 0 aliphatic carbocycles. The number of hydrogen-bond acceptors (Lipinski definition) is 2. The maximum absolute atomic E-state index is 9.92. The molecule has 0 radical (unpaired) electrons. The van der Waals surface area contributed by atoms with Crippen LogP contribution in [-0.2, 0) is 0 Å². The van der Waals surface area contributed by atoms with Crippen LogP contribution in [-0.4, -0.2) is 21.9 Å². The van der Waals surface area contributed by atoms with Crippen molar-refractivity contribution in [2.45, 2.75) is 137 Å². The summed E-state index contributed by atoms with van der Waals surface area (Å²) in [5, 5.41) is 19.7. The van der Waals surface area contributed by atoms with Crippen LogP contribution in [0.15, 0.2) is 46.6 Å². The van der Waals surface area contributed by atoms with Gasteiger partial charge in [0, 0.05) is 0 Å². The molecule has 2 N–H and O–H groups in total. The molecule has 0 rings (SSSR count). The van der Waals surface area contributed by atoms with Gasteiger partial charge in [0.1, 0.15) is 0 Å². The number of hydrogen-bond donors (Lipinski definition) is 2. The highest BCUT2D eigenvalue weighted by molar-refractivity contribution is 5.05. The first-order valence-corrected chi connectivity index (χ1v) is 12.5. The van der Waals surface area contributed by atoms with Gasteiger partial charge in [-0.1, -0.05) is 59.4 Å². The molecule has 0 amide bonds. The smallest absolute Gasteiger partial charge is 0.0849 e. The molecule has 0 fully saturated rings. The fourth-order valence-electron chi connectivity index (χ4n) is 3.52. The van der Waals surface area contributed by atoms with E-state index in [1.807, 2.05) is 0 Å². The van der Waals surface area contributed by atoms with Crippen LogP contribution in [0.25, 0.3) is 0 Å². The zero-order chi connectivity index (χ0) is 23.7. The van der Waals surface area contributed by atoms with E-state index in [1.54, 1.807) is 19.4 Å². The summed E-state index contributed by atoms with van der Waals surface area (Å²) in [5.74, 6) is 0. The molecular formula is C29H52O2. The van der Waals surface area contributed by atoms with Gasteiger partial charge in [-0.15, -0.1) is 0 Å². The van der Waals surface area contributed by atoms with E-state index in [9.17, 15) is 10.2 Å². The number of rotatable bonds is 17. The Bertz CT molecular complexity index is 580. The summed E-state index contributed by atoms with van der Waals surface area (Å²) in [4.78, 5) is 0. The molecule has 0 heterocycles. The van der Waals surface area contributed by atoms with Crippen molar-refractivity contribution in [3.63, 3.8) is 0 Å². The molecule has 31 heavy (non-hydrogen) atoms. The summed E-state index contributed by atoms with van der Waals surface area (Å²) in [6, 6.07) is 0. The Balaban J connectivity index is 3.92. The maximum atomic E-state index is 9.92. The Morgan fingerprint density at radius 3 is 1.74 bits per heavy atom. The molecule has 1 atom stereocenters. The minimum Gasteiger partial charge on any atom is -0.390 e. The lowest BCUT2D eigenvalue weighted by Gasteiger charge is -2.24. The molecule has 180 valence electrons. The van der Waals surface area contributed by atoms with Crippen molar-refractivity contribution in [2.24, 2.45) is 0 Å². The molecule has 0 spiro atoms. The van der Waals surface area contributed by atoms with E-state index in [-0.39, 0.29) is 0 Å². The Morgan fingerprint density at radius 2 is 1.16 bits per heavy atom. The van der Waals surface area contributed by atoms with Gasteiger partial charge in [0.2, 0.25) is 0 Å². The fraction of sp³-hybridized carbons (Fsp3) is 0.724. The third kappa shape index (κ3) is 19.3. The van der Waals surface area contributed by atoms with Crippen LogP contribution in [0.5, 0.6) is 0 Å². The normalized spacial score (nSPS) is 14.7. The van der Waals surface area contributed by atoms with Gasteiger partial charge in [0.25, 0.3) is 0 Å². The van der Waals surface area contributed by atoms with Gasteiger partial charge in [-0.25, -0.2) is 0 Å². The number of aliphatic hydroxyl groups is 2. The number of aliphatic hydroxyl groups excluding tert-OH is 1. The van der Waals surface area contributed by atoms with Gasteiger partial charge in [-0.05, 0) is 113 Å². The lowest BCUT2D eigenvalue weighted by atomic mass is 9.95. The fourth-order valence-corrected chi connectivity index (χ4v) is 3.52. The summed E-state index contributed by atoms with van der Waals surface area (Å²) in [5.41, 5.74) is 4.73. The number of unbranched alkanes of at least 4 members (excludes halogenated alkanes) is 5. The van der Waals surface area contributed by atoms with Crippen molar-refractivity contribution in [3.05, 3.63) is 46.6 Å². The predicted molar refractivity (Wildman–Crippen MR) is 138 cm³/mol. The van der Waals surface area contributed by atoms with Crippen molar-refractivity contribution in [2.75, 3.05) is 0 Å². The van der Waals surface area contributed by atoms with Crippen molar-refractivity contribution in [3.8, 4) is 0 Å². The molecule has 0 aliphatic rings. The lowest BCUT2D eigenvalue weighted by molar-refractivity contribution is -0.0509. The van der Waals surface area contributed by atoms with E-state index in [1.165, 1.54) is 55.2 Å². The second-order valence-corrected chi connectivity index (χ2v) is 10.2. The second kappa shape index (κ2) is 17.4. The van der Waals surface area contributed by atoms with Crippen molar-refractivity contribution >= 4 is 0 Å². The van der Waals surface area contributed by atoms with Gasteiger partial charge in [-0.3, -0.25) is 0 Å². The molecule has 0 bridgehead atoms. The quantitative estimate of drug-likeness (QED) is 0.178. The van der Waals surface area contributed by atoms with Crippen LogP contribution >= 0.6 is 0 Å². The second-order valence-electron chi connectivity index (χ2n) is 10.2. The summed E-state index contributed by atoms with van der Waals surface area (Å²) >= 11 is 0. The van der Waals surface area contributed by atoms with Crippen LogP contribution in [0.3, 0.4) is 0 Å². The van der Waals surface area contributed by atoms with Crippen molar-refractivity contribution < 1.29 is 10.2 Å². The van der Waals surface area contributed by atoms with Gasteiger partial charge >= 0.3 is 0 Å². The molecule has 0 aliphatic heterocycles. The van der Waals surface area contributed by atoms with E-state index < -0.39 is 11.7 Å². The Labute approximate surface area is 194 Å². The third-order valence-electron chi connectivity index (χ3n) is 5.89. The van der Waals surface area contributed by atoms with Crippen LogP contribution in [0.2, 0.25) is 0 Å². The average molecular weight is 433 g/mol. The van der Waals surface area contributed by atoms with Crippen LogP contribution in [0, 0.1) is 0 Å². The molecule has 0 unspecified atom stereocenters. The van der Waals surface area contributed by atoms with Gasteiger partial charge in [-0.2, -0.15) is 0 Å². The molecule has 0 aromatic carbocycles. The largest absolute Gasteiger partial charge is 0.390 e. The molecule has 2 heteroatoms. The van der Waals surface area contributed by atoms with Crippen molar-refractivity contribution in [1.29, 1.82) is 0 Å². The number of allylic oxidation sites excluding steroid dienone is 8. The molecule has 0 aromatic rings. The van der Waals surface area contributed by atoms with E-state index in [4.69, 9.17) is 0 Å². The predicted octanol–water partition coefficient (Wildman–Crippen LogP) is 8.60. The first-order valence-electron chi connectivity index (χ1n) is 12.5. The molecular weight excluding hydrogens is 380 g/mol. The zero-order valence-corrected chi connectivity index (χ0v) is 21.8. The Hall–Kier alpha value is -1.12. The lowest BCUT2D eigenvalue weighted by Crippen LogP contribution is -2.35. The van der Waals surface area contributed by atoms with E-state index in [0.29, 0.717) is 6.42 Å². The molecule has 0 saturated carbocycles. The summed E-state index contributed by atoms with van der Waals surface area (Å²) in [6.07, 6.45) is 22.5. The first kappa shape index (κ1) is 29.9. The minimum atomic E-state index is -1.02.